The van der Waals surface area contributed by atoms with Crippen LogP contribution in [0.15, 0.2) is 24.3 Å². The summed E-state index contributed by atoms with van der Waals surface area (Å²) in [5.74, 6) is 0. The molecule has 0 heterocycles. The molecule has 15 heavy (non-hydrogen) atoms. The summed E-state index contributed by atoms with van der Waals surface area (Å²) in [6, 6.07) is 7.07. The van der Waals surface area contributed by atoms with Crippen LogP contribution in [0.3, 0.4) is 0 Å². The van der Waals surface area contributed by atoms with E-state index in [0.717, 1.165) is 6.42 Å². The predicted molar refractivity (Wildman–Crippen MR) is 62.8 cm³/mol. The Kier molecular flexibility index (Phi) is 3.97. The summed E-state index contributed by atoms with van der Waals surface area (Å²) in [5.41, 5.74) is 6.93. The van der Waals surface area contributed by atoms with Crippen molar-refractivity contribution in [1.29, 1.82) is 0 Å². The van der Waals surface area contributed by atoms with Crippen LogP contribution in [0.4, 0.5) is 16.2 Å². The molecule has 2 amide bonds. The molecule has 0 saturated carbocycles. The van der Waals surface area contributed by atoms with Gasteiger partial charge in [0.2, 0.25) is 0 Å². The molecule has 0 saturated heterocycles. The number of anilines is 2. The first kappa shape index (κ1) is 11.4. The Hall–Kier alpha value is -1.71. The van der Waals surface area contributed by atoms with Crippen molar-refractivity contribution in [2.45, 2.75) is 26.3 Å². The standard InChI is InChI=1S/C11H17N3O/c1-3-8(2)13-11(15)14-10-6-4-5-9(12)7-10/h4-8H,3,12H2,1-2H3,(H2,13,14,15). The molecule has 1 rings (SSSR count). The van der Waals surface area contributed by atoms with E-state index < -0.39 is 0 Å². The first-order chi connectivity index (χ1) is 7.11. The molecule has 0 aliphatic rings. The number of hydrogen-bond acceptors (Lipinski definition) is 2. The van der Waals surface area contributed by atoms with Gasteiger partial charge in [0.15, 0.2) is 0 Å². The highest BCUT2D eigenvalue weighted by molar-refractivity contribution is 5.89. The Labute approximate surface area is 89.9 Å². The van der Waals surface area contributed by atoms with Gasteiger partial charge in [0, 0.05) is 17.4 Å². The van der Waals surface area contributed by atoms with E-state index in [0.29, 0.717) is 11.4 Å². The van der Waals surface area contributed by atoms with Crippen molar-refractivity contribution in [2.24, 2.45) is 0 Å². The van der Waals surface area contributed by atoms with Crippen LogP contribution in [0.5, 0.6) is 0 Å². The molecule has 0 bridgehead atoms. The highest BCUT2D eigenvalue weighted by Crippen LogP contribution is 2.11. The molecule has 4 heteroatoms. The Morgan fingerprint density at radius 1 is 1.53 bits per heavy atom. The second-order valence-corrected chi connectivity index (χ2v) is 3.53. The molecular weight excluding hydrogens is 190 g/mol. The Bertz CT molecular complexity index is 338. The van der Waals surface area contributed by atoms with Gasteiger partial charge in [-0.2, -0.15) is 0 Å². The van der Waals surface area contributed by atoms with E-state index in [9.17, 15) is 4.79 Å². The largest absolute Gasteiger partial charge is 0.399 e. The van der Waals surface area contributed by atoms with Crippen LogP contribution in [0.1, 0.15) is 20.3 Å². The fraction of sp³-hybridized carbons (Fsp3) is 0.364. The van der Waals surface area contributed by atoms with Crippen molar-refractivity contribution in [3.8, 4) is 0 Å². The Morgan fingerprint density at radius 2 is 2.27 bits per heavy atom. The molecule has 0 radical (unpaired) electrons. The van der Waals surface area contributed by atoms with Gasteiger partial charge < -0.3 is 16.4 Å². The summed E-state index contributed by atoms with van der Waals surface area (Å²) in [5, 5.41) is 5.52. The number of nitrogens with two attached hydrogens (primary N) is 1. The van der Waals surface area contributed by atoms with Crippen molar-refractivity contribution in [1.82, 2.24) is 5.32 Å². The maximum atomic E-state index is 11.4. The van der Waals surface area contributed by atoms with Gasteiger partial charge in [-0.3, -0.25) is 0 Å². The lowest BCUT2D eigenvalue weighted by Gasteiger charge is -2.12. The molecule has 0 spiro atoms. The van der Waals surface area contributed by atoms with Crippen molar-refractivity contribution in [3.05, 3.63) is 24.3 Å². The molecule has 0 aliphatic heterocycles. The topological polar surface area (TPSA) is 67.2 Å². The summed E-state index contributed by atoms with van der Waals surface area (Å²) in [7, 11) is 0. The van der Waals surface area contributed by atoms with Crippen LogP contribution >= 0.6 is 0 Å². The fourth-order valence-electron chi connectivity index (χ4n) is 1.11. The van der Waals surface area contributed by atoms with Crippen LogP contribution in [0, 0.1) is 0 Å². The lowest BCUT2D eigenvalue weighted by molar-refractivity contribution is 0.249. The lowest BCUT2D eigenvalue weighted by Crippen LogP contribution is -2.35. The molecular formula is C11H17N3O. The average molecular weight is 207 g/mol. The van der Waals surface area contributed by atoms with E-state index in [4.69, 9.17) is 5.73 Å². The molecule has 1 unspecified atom stereocenters. The van der Waals surface area contributed by atoms with Gasteiger partial charge in [0.05, 0.1) is 0 Å². The first-order valence-corrected chi connectivity index (χ1v) is 5.05. The maximum absolute atomic E-state index is 11.4. The van der Waals surface area contributed by atoms with Crippen molar-refractivity contribution in [3.63, 3.8) is 0 Å². The quantitative estimate of drug-likeness (QED) is 0.665. The number of nitrogen functional groups attached to an aromatic ring is 1. The van der Waals surface area contributed by atoms with Gasteiger partial charge in [0.1, 0.15) is 0 Å². The summed E-state index contributed by atoms with van der Waals surface area (Å²) in [6.45, 7) is 3.98. The lowest BCUT2D eigenvalue weighted by atomic mass is 10.2. The molecule has 0 aliphatic carbocycles. The van der Waals surface area contributed by atoms with Crippen LogP contribution in [0.2, 0.25) is 0 Å². The minimum atomic E-state index is -0.199. The molecule has 0 aromatic heterocycles. The van der Waals surface area contributed by atoms with Crippen molar-refractivity contribution >= 4 is 17.4 Å². The molecule has 4 N–H and O–H groups in total. The number of amides is 2. The summed E-state index contributed by atoms with van der Waals surface area (Å²) in [6.07, 6.45) is 0.907. The monoisotopic (exact) mass is 207 g/mol. The molecule has 1 atom stereocenters. The predicted octanol–water partition coefficient (Wildman–Crippen LogP) is 2.19. The Balaban J connectivity index is 2.51. The van der Waals surface area contributed by atoms with E-state index in [1.165, 1.54) is 0 Å². The molecule has 1 aromatic carbocycles. The van der Waals surface area contributed by atoms with Crippen molar-refractivity contribution < 1.29 is 4.79 Å². The smallest absolute Gasteiger partial charge is 0.319 e. The normalized spacial score (nSPS) is 11.9. The second-order valence-electron chi connectivity index (χ2n) is 3.53. The van der Waals surface area contributed by atoms with Gasteiger partial charge in [-0.25, -0.2) is 4.79 Å². The second kappa shape index (κ2) is 5.24. The number of rotatable bonds is 3. The molecule has 1 aromatic rings. The van der Waals surface area contributed by atoms with Gasteiger partial charge in [0.25, 0.3) is 0 Å². The summed E-state index contributed by atoms with van der Waals surface area (Å²) in [4.78, 5) is 11.4. The van der Waals surface area contributed by atoms with Crippen molar-refractivity contribution in [2.75, 3.05) is 11.1 Å². The zero-order valence-corrected chi connectivity index (χ0v) is 9.08. The highest BCUT2D eigenvalue weighted by atomic mass is 16.2. The molecule has 0 fully saturated rings. The zero-order chi connectivity index (χ0) is 11.3. The number of carbonyl (C=O) groups excluding carboxylic acids is 1. The van der Waals surface area contributed by atoms with Gasteiger partial charge in [-0.1, -0.05) is 13.0 Å². The third-order valence-corrected chi connectivity index (χ3v) is 2.13. The van der Waals surface area contributed by atoms with E-state index in [-0.39, 0.29) is 12.1 Å². The molecule has 4 nitrogen and oxygen atoms in total. The number of hydrogen-bond donors (Lipinski definition) is 3. The SMILES string of the molecule is CCC(C)NC(=O)Nc1cccc(N)c1. The van der Waals surface area contributed by atoms with Gasteiger partial charge in [-0.05, 0) is 31.5 Å². The van der Waals surface area contributed by atoms with Crippen LogP contribution in [0.25, 0.3) is 0 Å². The number of urea groups is 1. The third kappa shape index (κ3) is 3.89. The minimum absolute atomic E-state index is 0.172. The van der Waals surface area contributed by atoms with Gasteiger partial charge in [-0.15, -0.1) is 0 Å². The maximum Gasteiger partial charge on any atom is 0.319 e. The average Bonchev–Trinajstić information content (AvgIpc) is 2.17. The third-order valence-electron chi connectivity index (χ3n) is 2.13. The summed E-state index contributed by atoms with van der Waals surface area (Å²) >= 11 is 0. The fourth-order valence-corrected chi connectivity index (χ4v) is 1.11. The first-order valence-electron chi connectivity index (χ1n) is 5.05. The Morgan fingerprint density at radius 3 is 2.87 bits per heavy atom. The van der Waals surface area contributed by atoms with Crippen LogP contribution in [-0.2, 0) is 0 Å². The number of nitrogens with one attached hydrogen (secondary N) is 2. The van der Waals surface area contributed by atoms with E-state index in [1.54, 1.807) is 24.3 Å². The zero-order valence-electron chi connectivity index (χ0n) is 9.08. The van der Waals surface area contributed by atoms with Crippen LogP contribution < -0.4 is 16.4 Å². The highest BCUT2D eigenvalue weighted by Gasteiger charge is 2.04. The summed E-state index contributed by atoms with van der Waals surface area (Å²) < 4.78 is 0. The minimum Gasteiger partial charge on any atom is -0.399 e. The number of benzene rings is 1. The number of carbonyl (C=O) groups is 1. The van der Waals surface area contributed by atoms with Crippen LogP contribution in [-0.4, -0.2) is 12.1 Å². The van der Waals surface area contributed by atoms with E-state index >= 15 is 0 Å². The molecule has 82 valence electrons. The van der Waals surface area contributed by atoms with Gasteiger partial charge >= 0.3 is 6.03 Å². The van der Waals surface area contributed by atoms with E-state index in [2.05, 4.69) is 10.6 Å². The van der Waals surface area contributed by atoms with E-state index in [1.807, 2.05) is 13.8 Å².